The Morgan fingerprint density at radius 2 is 1.82 bits per heavy atom. The van der Waals surface area contributed by atoms with Crippen molar-refractivity contribution in [2.45, 2.75) is 50.0 Å². The Bertz CT molecular complexity index is 771. The molecule has 192 valence electrons. The third-order valence-corrected chi connectivity index (χ3v) is 7.30. The maximum atomic E-state index is 15.8. The summed E-state index contributed by atoms with van der Waals surface area (Å²) in [5, 5.41) is 19.2. The number of hydrogen-bond donors (Lipinski definition) is 4. The molecule has 7 nitrogen and oxygen atoms in total. The Balaban J connectivity index is 1.44. The first-order valence-electron chi connectivity index (χ1n) is 11.9. The topological polar surface area (TPSA) is 78.0 Å². The molecule has 34 heavy (non-hydrogen) atoms. The van der Waals surface area contributed by atoms with Crippen molar-refractivity contribution in [3.05, 3.63) is 35.4 Å². The van der Waals surface area contributed by atoms with Crippen LogP contribution in [0.3, 0.4) is 0 Å². The molecule has 4 rings (SSSR count). The van der Waals surface area contributed by atoms with Crippen molar-refractivity contribution < 1.29 is 32.1 Å². The Labute approximate surface area is 197 Å². The van der Waals surface area contributed by atoms with Crippen molar-refractivity contribution in [3.63, 3.8) is 0 Å². The molecule has 3 saturated heterocycles. The van der Waals surface area contributed by atoms with Gasteiger partial charge in [-0.1, -0.05) is 12.1 Å². The molecular weight excluding hydrogens is 456 g/mol. The van der Waals surface area contributed by atoms with Gasteiger partial charge >= 0.3 is 6.18 Å². The average Bonchev–Trinajstić information content (AvgIpc) is 2.84. The first kappa shape index (κ1) is 25.7. The van der Waals surface area contributed by atoms with Gasteiger partial charge in [-0.2, -0.15) is 13.2 Å². The van der Waals surface area contributed by atoms with Gasteiger partial charge in [0.1, 0.15) is 0 Å². The van der Waals surface area contributed by atoms with Gasteiger partial charge in [0.25, 0.3) is 0 Å². The van der Waals surface area contributed by atoms with E-state index in [4.69, 9.17) is 9.47 Å². The van der Waals surface area contributed by atoms with Crippen molar-refractivity contribution in [1.82, 2.24) is 20.9 Å². The molecule has 3 aliphatic heterocycles. The third-order valence-electron chi connectivity index (χ3n) is 7.30. The number of alkyl halides is 4. The molecule has 0 bridgehead atoms. The largest absolute Gasteiger partial charge is 0.416 e. The summed E-state index contributed by atoms with van der Waals surface area (Å²) in [6.45, 7) is 3.45. The lowest BCUT2D eigenvalue weighted by atomic mass is 9.77. The molecule has 3 fully saturated rings. The van der Waals surface area contributed by atoms with Gasteiger partial charge in [0.05, 0.1) is 37.2 Å². The molecule has 3 heterocycles. The van der Waals surface area contributed by atoms with Crippen molar-refractivity contribution in [2.24, 2.45) is 5.41 Å². The van der Waals surface area contributed by atoms with E-state index in [9.17, 15) is 18.3 Å². The maximum absolute atomic E-state index is 15.8. The Kier molecular flexibility index (Phi) is 8.44. The normalized spacial score (nSPS) is 30.9. The molecule has 1 aromatic rings. The van der Waals surface area contributed by atoms with Crippen LogP contribution in [-0.2, 0) is 15.7 Å². The van der Waals surface area contributed by atoms with Crippen molar-refractivity contribution in [3.8, 4) is 0 Å². The predicted molar refractivity (Wildman–Crippen MR) is 118 cm³/mol. The Hall–Kier alpha value is -1.34. The van der Waals surface area contributed by atoms with Crippen LogP contribution in [-0.4, -0.2) is 81.3 Å². The first-order valence-corrected chi connectivity index (χ1v) is 11.9. The zero-order chi connectivity index (χ0) is 24.2. The second-order valence-electron chi connectivity index (χ2n) is 9.37. The number of halogens is 4. The number of aliphatic hydroxyl groups excluding tert-OH is 1. The van der Waals surface area contributed by atoms with Gasteiger partial charge in [0.2, 0.25) is 0 Å². The molecule has 0 spiro atoms. The fraction of sp³-hybridized carbons (Fsp3) is 0.739. The van der Waals surface area contributed by atoms with Crippen LogP contribution in [0.25, 0.3) is 0 Å². The van der Waals surface area contributed by atoms with Gasteiger partial charge in [-0.3, -0.25) is 20.9 Å². The second kappa shape index (κ2) is 11.2. The van der Waals surface area contributed by atoms with Crippen LogP contribution in [0.5, 0.6) is 0 Å². The quantitative estimate of drug-likeness (QED) is 0.436. The van der Waals surface area contributed by atoms with Crippen LogP contribution >= 0.6 is 0 Å². The highest BCUT2D eigenvalue weighted by Crippen LogP contribution is 2.35. The van der Waals surface area contributed by atoms with Crippen LogP contribution < -0.4 is 16.0 Å². The zero-order valence-electron chi connectivity index (χ0n) is 19.1. The zero-order valence-corrected chi connectivity index (χ0v) is 19.1. The molecule has 0 amide bonds. The summed E-state index contributed by atoms with van der Waals surface area (Å²) in [6.07, 6.45) is -4.68. The summed E-state index contributed by atoms with van der Waals surface area (Å²) in [5.74, 6) is 0. The molecule has 0 saturated carbocycles. The second-order valence-corrected chi connectivity index (χ2v) is 9.37. The number of nitrogens with zero attached hydrogens (tertiary/aromatic N) is 1. The monoisotopic (exact) mass is 490 g/mol. The number of benzene rings is 1. The van der Waals surface area contributed by atoms with Crippen LogP contribution in [0, 0.1) is 5.41 Å². The molecule has 3 unspecified atom stereocenters. The van der Waals surface area contributed by atoms with Gasteiger partial charge in [-0.05, 0) is 42.4 Å². The van der Waals surface area contributed by atoms with E-state index in [0.29, 0.717) is 51.6 Å². The third kappa shape index (κ3) is 5.89. The summed E-state index contributed by atoms with van der Waals surface area (Å²) in [6, 6.07) is 4.65. The van der Waals surface area contributed by atoms with E-state index >= 15 is 4.39 Å². The molecule has 0 aromatic heterocycles. The van der Waals surface area contributed by atoms with Crippen molar-refractivity contribution in [1.29, 1.82) is 0 Å². The highest BCUT2D eigenvalue weighted by atomic mass is 19.4. The van der Waals surface area contributed by atoms with Crippen LogP contribution in [0.4, 0.5) is 17.6 Å². The maximum Gasteiger partial charge on any atom is 0.416 e. The van der Waals surface area contributed by atoms with E-state index < -0.39 is 30.2 Å². The molecular formula is C23H34F4N4O3. The molecule has 4 atom stereocenters. The Morgan fingerprint density at radius 3 is 2.50 bits per heavy atom. The summed E-state index contributed by atoms with van der Waals surface area (Å²) in [5.41, 5.74) is -0.179. The average molecular weight is 491 g/mol. The number of nitrogens with one attached hydrogen (secondary N) is 3. The smallest absolute Gasteiger partial charge is 0.396 e. The lowest BCUT2D eigenvalue weighted by Crippen LogP contribution is -2.70. The SMILES string of the molecule is OCCC1(CNC2NCNC(N3CCOC[C@@H]3c3ccc(C(F)(F)F)cc3)C2F)CCOCC1. The van der Waals surface area contributed by atoms with E-state index in [2.05, 4.69) is 16.0 Å². The van der Waals surface area contributed by atoms with Crippen molar-refractivity contribution in [2.75, 3.05) is 52.8 Å². The van der Waals surface area contributed by atoms with E-state index in [1.807, 2.05) is 4.90 Å². The lowest BCUT2D eigenvalue weighted by molar-refractivity contribution is -0.137. The minimum atomic E-state index is -4.40. The number of morpholine rings is 1. The molecule has 0 aliphatic carbocycles. The highest BCUT2D eigenvalue weighted by Gasteiger charge is 2.42. The molecule has 3 aliphatic rings. The van der Waals surface area contributed by atoms with Gasteiger partial charge in [-0.25, -0.2) is 4.39 Å². The molecule has 11 heteroatoms. The number of rotatable bonds is 7. The first-order chi connectivity index (χ1) is 16.3. The fourth-order valence-electron chi connectivity index (χ4n) is 5.18. The minimum absolute atomic E-state index is 0.0750. The summed E-state index contributed by atoms with van der Waals surface area (Å²) in [7, 11) is 0. The minimum Gasteiger partial charge on any atom is -0.396 e. The summed E-state index contributed by atoms with van der Waals surface area (Å²) in [4.78, 5) is 1.95. The number of aliphatic hydroxyl groups is 1. The van der Waals surface area contributed by atoms with Crippen LogP contribution in [0.1, 0.15) is 36.4 Å². The Morgan fingerprint density at radius 1 is 1.09 bits per heavy atom. The van der Waals surface area contributed by atoms with Crippen LogP contribution in [0.2, 0.25) is 0 Å². The van der Waals surface area contributed by atoms with E-state index in [1.54, 1.807) is 0 Å². The molecule has 4 N–H and O–H groups in total. The van der Waals surface area contributed by atoms with Crippen molar-refractivity contribution >= 4 is 0 Å². The van der Waals surface area contributed by atoms with Crippen LogP contribution in [0.15, 0.2) is 24.3 Å². The summed E-state index contributed by atoms with van der Waals surface area (Å²) >= 11 is 0. The fourth-order valence-corrected chi connectivity index (χ4v) is 5.18. The van der Waals surface area contributed by atoms with Gasteiger partial charge < -0.3 is 14.6 Å². The van der Waals surface area contributed by atoms with Gasteiger partial charge in [0, 0.05) is 39.6 Å². The van der Waals surface area contributed by atoms with Gasteiger partial charge in [-0.15, -0.1) is 0 Å². The highest BCUT2D eigenvalue weighted by molar-refractivity contribution is 5.27. The predicted octanol–water partition coefficient (Wildman–Crippen LogP) is 1.99. The number of ether oxygens (including phenoxy) is 2. The van der Waals surface area contributed by atoms with E-state index in [1.165, 1.54) is 12.1 Å². The van der Waals surface area contributed by atoms with E-state index in [-0.39, 0.29) is 24.7 Å². The van der Waals surface area contributed by atoms with Gasteiger partial charge in [0.15, 0.2) is 6.17 Å². The lowest BCUT2D eigenvalue weighted by Gasteiger charge is -2.47. The summed E-state index contributed by atoms with van der Waals surface area (Å²) < 4.78 is 65.8. The standard InChI is InChI=1S/C23H34F4N4O3/c24-19-20(28-14-22(5-9-32)6-10-33-11-7-22)29-15-30-21(19)31-8-12-34-13-18(31)16-1-3-17(4-2-16)23(25,26)27/h1-4,18-21,28-30,32H,5-15H2/t18-,19?,20?,21?/m1/s1. The molecule has 0 radical (unpaired) electrons. The van der Waals surface area contributed by atoms with E-state index in [0.717, 1.165) is 25.0 Å². The molecule has 1 aromatic carbocycles. The number of hydrogen-bond acceptors (Lipinski definition) is 7.